The average Bonchev–Trinajstić information content (AvgIpc) is 3.31. The third kappa shape index (κ3) is 8.37. The second-order valence-corrected chi connectivity index (χ2v) is 6.15. The number of carbonyl (C=O) groups excluding carboxylic acids is 1. The molecular weight excluding hydrogens is 284 g/mol. The van der Waals surface area contributed by atoms with Crippen LogP contribution in [0, 0.1) is 5.92 Å². The highest BCUT2D eigenvalue weighted by molar-refractivity contribution is 5.70. The fourth-order valence-electron chi connectivity index (χ4n) is 2.63. The van der Waals surface area contributed by atoms with E-state index in [0.717, 1.165) is 12.8 Å². The van der Waals surface area contributed by atoms with E-state index in [2.05, 4.69) is 13.8 Å². The minimum atomic E-state index is -0.820. The van der Waals surface area contributed by atoms with Gasteiger partial charge in [0, 0.05) is 12.8 Å². The number of carbonyl (C=O) groups is 2. The average molecular weight is 314 g/mol. The largest absolute Gasteiger partial charge is 0.481 e. The molecular formula is C17H30O5. The van der Waals surface area contributed by atoms with Crippen LogP contribution < -0.4 is 0 Å². The van der Waals surface area contributed by atoms with Crippen LogP contribution in [-0.4, -0.2) is 35.9 Å². The van der Waals surface area contributed by atoms with Crippen molar-refractivity contribution in [2.24, 2.45) is 5.92 Å². The van der Waals surface area contributed by atoms with E-state index in [0.29, 0.717) is 31.8 Å². The number of carboxylic acid groups (broad SMARTS) is 1. The fourth-order valence-corrected chi connectivity index (χ4v) is 2.63. The Morgan fingerprint density at radius 2 is 1.91 bits per heavy atom. The Bertz CT molecular complexity index is 338. The molecule has 22 heavy (non-hydrogen) atoms. The lowest BCUT2D eigenvalue weighted by Crippen LogP contribution is -2.26. The molecule has 5 nitrogen and oxygen atoms in total. The highest BCUT2D eigenvalue weighted by Gasteiger charge is 2.36. The molecule has 0 saturated carbocycles. The van der Waals surface area contributed by atoms with E-state index in [1.54, 1.807) is 0 Å². The van der Waals surface area contributed by atoms with Gasteiger partial charge in [-0.3, -0.25) is 9.59 Å². The second-order valence-electron chi connectivity index (χ2n) is 6.15. The number of rotatable bonds is 13. The summed E-state index contributed by atoms with van der Waals surface area (Å²) in [6.45, 7) is 5.05. The highest BCUT2D eigenvalue weighted by Crippen LogP contribution is 2.27. The van der Waals surface area contributed by atoms with Crippen molar-refractivity contribution in [3.63, 3.8) is 0 Å². The lowest BCUT2D eigenvalue weighted by atomic mass is 9.92. The SMILES string of the molecule is CCCCC(CC)CC(OC(=O)CCCCC(=O)O)C1CO1. The number of carboxylic acids is 1. The van der Waals surface area contributed by atoms with Crippen LogP contribution in [0.1, 0.15) is 71.6 Å². The maximum Gasteiger partial charge on any atom is 0.306 e. The number of ether oxygens (including phenoxy) is 2. The predicted molar refractivity (Wildman–Crippen MR) is 83.6 cm³/mol. The maximum absolute atomic E-state index is 11.9. The Balaban J connectivity index is 2.30. The van der Waals surface area contributed by atoms with Gasteiger partial charge in [0.2, 0.25) is 0 Å². The number of unbranched alkanes of at least 4 members (excludes halogenated alkanes) is 2. The van der Waals surface area contributed by atoms with Gasteiger partial charge in [-0.15, -0.1) is 0 Å². The van der Waals surface area contributed by atoms with Gasteiger partial charge < -0.3 is 14.6 Å². The Kier molecular flexibility index (Phi) is 9.13. The smallest absolute Gasteiger partial charge is 0.306 e. The molecule has 0 bridgehead atoms. The first kappa shape index (κ1) is 18.9. The molecule has 0 spiro atoms. The Morgan fingerprint density at radius 1 is 1.23 bits per heavy atom. The van der Waals surface area contributed by atoms with E-state index < -0.39 is 5.97 Å². The maximum atomic E-state index is 11.9. The molecule has 5 heteroatoms. The van der Waals surface area contributed by atoms with Gasteiger partial charge in [-0.2, -0.15) is 0 Å². The van der Waals surface area contributed by atoms with Crippen LogP contribution in [0.4, 0.5) is 0 Å². The van der Waals surface area contributed by atoms with Gasteiger partial charge in [0.15, 0.2) is 0 Å². The Morgan fingerprint density at radius 3 is 2.45 bits per heavy atom. The van der Waals surface area contributed by atoms with Crippen molar-refractivity contribution >= 4 is 11.9 Å². The molecule has 0 aromatic heterocycles. The van der Waals surface area contributed by atoms with Crippen LogP contribution in [-0.2, 0) is 19.1 Å². The first-order valence-corrected chi connectivity index (χ1v) is 8.59. The third-order valence-corrected chi connectivity index (χ3v) is 4.19. The number of esters is 1. The van der Waals surface area contributed by atoms with Crippen molar-refractivity contribution in [2.75, 3.05) is 6.61 Å². The van der Waals surface area contributed by atoms with Crippen LogP contribution in [0.3, 0.4) is 0 Å². The normalized spacial score (nSPS) is 19.5. The first-order valence-electron chi connectivity index (χ1n) is 8.59. The number of epoxide rings is 1. The number of aliphatic carboxylic acids is 1. The summed E-state index contributed by atoms with van der Waals surface area (Å²) < 4.78 is 10.9. The van der Waals surface area contributed by atoms with Crippen molar-refractivity contribution in [3.8, 4) is 0 Å². The molecule has 0 amide bonds. The van der Waals surface area contributed by atoms with Crippen molar-refractivity contribution in [3.05, 3.63) is 0 Å². The second kappa shape index (κ2) is 10.6. The van der Waals surface area contributed by atoms with Crippen molar-refractivity contribution in [1.82, 2.24) is 0 Å². The molecule has 1 heterocycles. The minimum Gasteiger partial charge on any atom is -0.481 e. The first-order chi connectivity index (χ1) is 10.6. The molecule has 1 fully saturated rings. The van der Waals surface area contributed by atoms with E-state index >= 15 is 0 Å². The lowest BCUT2D eigenvalue weighted by Gasteiger charge is -2.22. The highest BCUT2D eigenvalue weighted by atomic mass is 16.6. The molecule has 128 valence electrons. The van der Waals surface area contributed by atoms with Gasteiger partial charge in [0.25, 0.3) is 0 Å². The van der Waals surface area contributed by atoms with E-state index in [9.17, 15) is 9.59 Å². The summed E-state index contributed by atoms with van der Waals surface area (Å²) in [6.07, 6.45) is 6.96. The summed E-state index contributed by atoms with van der Waals surface area (Å²) in [7, 11) is 0. The molecule has 3 unspecified atom stereocenters. The summed E-state index contributed by atoms with van der Waals surface area (Å²) >= 11 is 0. The zero-order valence-electron chi connectivity index (χ0n) is 13.9. The minimum absolute atomic E-state index is 0.0682. The molecule has 1 aliphatic heterocycles. The summed E-state index contributed by atoms with van der Waals surface area (Å²) in [5, 5.41) is 8.57. The van der Waals surface area contributed by atoms with Gasteiger partial charge in [-0.1, -0.05) is 39.5 Å². The van der Waals surface area contributed by atoms with E-state index in [1.807, 2.05) is 0 Å². The van der Waals surface area contributed by atoms with E-state index in [-0.39, 0.29) is 24.6 Å². The van der Waals surface area contributed by atoms with Crippen molar-refractivity contribution < 1.29 is 24.2 Å². The van der Waals surface area contributed by atoms with Crippen LogP contribution >= 0.6 is 0 Å². The molecule has 1 N–H and O–H groups in total. The van der Waals surface area contributed by atoms with Gasteiger partial charge in [0.1, 0.15) is 12.2 Å². The zero-order chi connectivity index (χ0) is 16.4. The quantitative estimate of drug-likeness (QED) is 0.319. The summed E-state index contributed by atoms with van der Waals surface area (Å²) in [4.78, 5) is 22.3. The lowest BCUT2D eigenvalue weighted by molar-refractivity contribution is -0.151. The van der Waals surface area contributed by atoms with E-state index in [1.165, 1.54) is 19.3 Å². The van der Waals surface area contributed by atoms with Gasteiger partial charge in [-0.25, -0.2) is 0 Å². The molecule has 0 aliphatic carbocycles. The third-order valence-electron chi connectivity index (χ3n) is 4.19. The monoisotopic (exact) mass is 314 g/mol. The Labute approximate surface area is 133 Å². The molecule has 1 aliphatic rings. The molecule has 0 radical (unpaired) electrons. The standard InChI is InChI=1S/C17H30O5/c1-3-5-8-13(4-2)11-14(15-12-21-15)22-17(20)10-7-6-9-16(18)19/h13-15H,3-12H2,1-2H3,(H,18,19). The summed E-state index contributed by atoms with van der Waals surface area (Å²) in [6, 6.07) is 0. The molecule has 3 atom stereocenters. The van der Waals surface area contributed by atoms with Crippen LogP contribution in [0.25, 0.3) is 0 Å². The summed E-state index contributed by atoms with van der Waals surface area (Å²) in [5.74, 6) is -0.468. The topological polar surface area (TPSA) is 76.1 Å². The van der Waals surface area contributed by atoms with E-state index in [4.69, 9.17) is 14.6 Å². The van der Waals surface area contributed by atoms with Gasteiger partial charge >= 0.3 is 11.9 Å². The van der Waals surface area contributed by atoms with Crippen molar-refractivity contribution in [2.45, 2.75) is 83.8 Å². The molecule has 0 aromatic carbocycles. The molecule has 1 saturated heterocycles. The summed E-state index contributed by atoms with van der Waals surface area (Å²) in [5.41, 5.74) is 0. The zero-order valence-corrected chi connectivity index (χ0v) is 13.9. The predicted octanol–water partition coefficient (Wildman–Crippen LogP) is 3.55. The number of hydrogen-bond donors (Lipinski definition) is 1. The number of hydrogen-bond acceptors (Lipinski definition) is 4. The van der Waals surface area contributed by atoms with Gasteiger partial charge in [-0.05, 0) is 25.2 Å². The fraction of sp³-hybridized carbons (Fsp3) is 0.882. The Hall–Kier alpha value is -1.10. The van der Waals surface area contributed by atoms with Crippen molar-refractivity contribution in [1.29, 1.82) is 0 Å². The molecule has 0 aromatic rings. The van der Waals surface area contributed by atoms with Crippen LogP contribution in [0.2, 0.25) is 0 Å². The van der Waals surface area contributed by atoms with Crippen LogP contribution in [0.15, 0.2) is 0 Å². The van der Waals surface area contributed by atoms with Crippen LogP contribution in [0.5, 0.6) is 0 Å². The van der Waals surface area contributed by atoms with Gasteiger partial charge in [0.05, 0.1) is 6.61 Å². The molecule has 1 rings (SSSR count).